The summed E-state index contributed by atoms with van der Waals surface area (Å²) in [4.78, 5) is 26.5. The van der Waals surface area contributed by atoms with E-state index in [9.17, 15) is 9.59 Å². The van der Waals surface area contributed by atoms with Crippen LogP contribution in [0, 0.1) is 0 Å². The highest BCUT2D eigenvalue weighted by molar-refractivity contribution is 6.37. The molecule has 1 aromatic heterocycles. The van der Waals surface area contributed by atoms with Crippen molar-refractivity contribution < 1.29 is 19.0 Å². The number of pyridine rings is 1. The van der Waals surface area contributed by atoms with E-state index >= 15 is 0 Å². The zero-order valence-electron chi connectivity index (χ0n) is 11.1. The molecule has 0 bridgehead atoms. The molecule has 7 heteroatoms. The van der Waals surface area contributed by atoms with Gasteiger partial charge in [0.1, 0.15) is 17.2 Å². The van der Waals surface area contributed by atoms with Gasteiger partial charge in [0.05, 0.1) is 37.3 Å². The lowest BCUT2D eigenvalue weighted by atomic mass is 10.1. The number of benzene rings is 1. The van der Waals surface area contributed by atoms with Gasteiger partial charge in [-0.1, -0.05) is 11.6 Å². The Hall–Kier alpha value is -2.21. The lowest BCUT2D eigenvalue weighted by Crippen LogP contribution is -2.12. The summed E-state index contributed by atoms with van der Waals surface area (Å²) in [5.74, 6) is -0.00516. The van der Waals surface area contributed by atoms with Crippen LogP contribution in [0.4, 0.5) is 0 Å². The van der Waals surface area contributed by atoms with Gasteiger partial charge in [0.15, 0.2) is 5.43 Å². The Morgan fingerprint density at radius 2 is 1.80 bits per heavy atom. The number of nitrogens with one attached hydrogen (secondary N) is 1. The van der Waals surface area contributed by atoms with Crippen LogP contribution in [-0.4, -0.2) is 32.3 Å². The number of carbonyl (C=O) groups is 1. The number of fused-ring (bicyclic) bond motifs is 1. The molecule has 0 spiro atoms. The van der Waals surface area contributed by atoms with Crippen LogP contribution in [0.3, 0.4) is 0 Å². The van der Waals surface area contributed by atoms with Gasteiger partial charge in [-0.05, 0) is 0 Å². The first-order valence-corrected chi connectivity index (χ1v) is 5.97. The fourth-order valence-electron chi connectivity index (χ4n) is 1.87. The minimum atomic E-state index is -0.655. The minimum absolute atomic E-state index is 0.0181. The summed E-state index contributed by atoms with van der Waals surface area (Å²) in [5, 5.41) is 0.344. The van der Waals surface area contributed by atoms with Crippen LogP contribution in [0.1, 0.15) is 10.5 Å². The first-order valence-electron chi connectivity index (χ1n) is 5.59. The molecule has 1 aromatic carbocycles. The number of hydrogen-bond donors (Lipinski definition) is 1. The lowest BCUT2D eigenvalue weighted by molar-refractivity contribution is 0.0594. The molecule has 0 aliphatic carbocycles. The van der Waals surface area contributed by atoms with Gasteiger partial charge >= 0.3 is 5.97 Å². The predicted octanol–water partition coefficient (Wildman–Crippen LogP) is 1.99. The van der Waals surface area contributed by atoms with Crippen LogP contribution in [0.5, 0.6) is 11.5 Å². The van der Waals surface area contributed by atoms with E-state index in [2.05, 4.69) is 9.72 Å². The van der Waals surface area contributed by atoms with E-state index in [0.29, 0.717) is 17.0 Å². The molecular formula is C13H12ClNO5. The van der Waals surface area contributed by atoms with Crippen molar-refractivity contribution in [1.82, 2.24) is 4.98 Å². The van der Waals surface area contributed by atoms with Crippen molar-refractivity contribution in [2.45, 2.75) is 0 Å². The van der Waals surface area contributed by atoms with Crippen molar-refractivity contribution >= 4 is 28.5 Å². The number of carbonyl (C=O) groups excluding carboxylic acids is 1. The van der Waals surface area contributed by atoms with E-state index in [4.69, 9.17) is 21.1 Å². The maximum Gasteiger partial charge on any atom is 0.354 e. The van der Waals surface area contributed by atoms with Gasteiger partial charge in [-0.25, -0.2) is 4.79 Å². The number of esters is 1. The van der Waals surface area contributed by atoms with E-state index in [-0.39, 0.29) is 16.1 Å². The highest BCUT2D eigenvalue weighted by Gasteiger charge is 2.18. The van der Waals surface area contributed by atoms with E-state index in [1.807, 2.05) is 0 Å². The van der Waals surface area contributed by atoms with Gasteiger partial charge < -0.3 is 19.2 Å². The molecule has 0 atom stereocenters. The minimum Gasteiger partial charge on any atom is -0.495 e. The molecular weight excluding hydrogens is 286 g/mol. The molecule has 2 rings (SSSR count). The second-order valence-corrected chi connectivity index (χ2v) is 4.26. The molecule has 0 fully saturated rings. The standard InChI is InChI=1S/C13H12ClNO5/c1-18-8-5-9(19-2)12-10(11(8)14)7(16)4-6(15-12)13(17)20-3/h4-5H,1-3H3,(H,15,16). The number of rotatable bonds is 3. The highest BCUT2D eigenvalue weighted by Crippen LogP contribution is 2.36. The fraction of sp³-hybridized carbons (Fsp3) is 0.231. The van der Waals surface area contributed by atoms with Crippen molar-refractivity contribution in [2.75, 3.05) is 21.3 Å². The number of halogens is 1. The average Bonchev–Trinajstić information content (AvgIpc) is 2.46. The summed E-state index contributed by atoms with van der Waals surface area (Å²) in [6, 6.07) is 2.65. The number of aromatic amines is 1. The highest BCUT2D eigenvalue weighted by atomic mass is 35.5. The van der Waals surface area contributed by atoms with Crippen LogP contribution in [-0.2, 0) is 4.74 Å². The molecule has 0 saturated heterocycles. The number of ether oxygens (including phenoxy) is 3. The lowest BCUT2D eigenvalue weighted by Gasteiger charge is -2.11. The molecule has 0 unspecified atom stereocenters. The maximum absolute atomic E-state index is 12.2. The fourth-order valence-corrected chi connectivity index (χ4v) is 2.19. The van der Waals surface area contributed by atoms with E-state index < -0.39 is 11.4 Å². The molecule has 0 radical (unpaired) electrons. The van der Waals surface area contributed by atoms with Gasteiger partial charge in [-0.2, -0.15) is 0 Å². The van der Waals surface area contributed by atoms with Crippen LogP contribution in [0.25, 0.3) is 10.9 Å². The van der Waals surface area contributed by atoms with Crippen molar-refractivity contribution in [3.05, 3.63) is 33.1 Å². The number of methoxy groups -OCH3 is 3. The third-order valence-electron chi connectivity index (χ3n) is 2.82. The second-order valence-electron chi connectivity index (χ2n) is 3.88. The number of aromatic nitrogens is 1. The van der Waals surface area contributed by atoms with Gasteiger partial charge in [-0.15, -0.1) is 0 Å². The number of hydrogen-bond acceptors (Lipinski definition) is 5. The molecule has 20 heavy (non-hydrogen) atoms. The predicted molar refractivity (Wildman–Crippen MR) is 74.0 cm³/mol. The van der Waals surface area contributed by atoms with Gasteiger partial charge in [-0.3, -0.25) is 4.79 Å². The summed E-state index contributed by atoms with van der Waals surface area (Å²) in [5.41, 5.74) is -0.0999. The van der Waals surface area contributed by atoms with Gasteiger partial charge in [0.2, 0.25) is 0 Å². The van der Waals surface area contributed by atoms with E-state index in [0.717, 1.165) is 6.07 Å². The molecule has 1 N–H and O–H groups in total. The Balaban J connectivity index is 2.90. The summed E-state index contributed by atoms with van der Waals surface area (Å²) in [6.07, 6.45) is 0. The zero-order chi connectivity index (χ0) is 14.9. The van der Waals surface area contributed by atoms with Gasteiger partial charge in [0, 0.05) is 12.1 Å². The Labute approximate surface area is 119 Å². The molecule has 1 heterocycles. The number of H-pyrrole nitrogens is 1. The summed E-state index contributed by atoms with van der Waals surface area (Å²) in [6.45, 7) is 0. The van der Waals surface area contributed by atoms with Crippen LogP contribution < -0.4 is 14.9 Å². The van der Waals surface area contributed by atoms with E-state index in [1.54, 1.807) is 0 Å². The SMILES string of the molecule is COC(=O)c1cc(=O)c2c(Cl)c(OC)cc(OC)c2[nH]1. The van der Waals surface area contributed by atoms with Crippen molar-refractivity contribution in [1.29, 1.82) is 0 Å². The Morgan fingerprint density at radius 3 is 2.35 bits per heavy atom. The third kappa shape index (κ3) is 2.18. The smallest absolute Gasteiger partial charge is 0.354 e. The van der Waals surface area contributed by atoms with Crippen molar-refractivity contribution in [3.63, 3.8) is 0 Å². The maximum atomic E-state index is 12.2. The Bertz CT molecular complexity index is 738. The quantitative estimate of drug-likeness (QED) is 0.877. The molecule has 0 aliphatic rings. The van der Waals surface area contributed by atoms with Crippen LogP contribution >= 0.6 is 11.6 Å². The first kappa shape index (κ1) is 14.2. The Morgan fingerprint density at radius 1 is 1.15 bits per heavy atom. The van der Waals surface area contributed by atoms with Crippen LogP contribution in [0.15, 0.2) is 16.9 Å². The largest absolute Gasteiger partial charge is 0.495 e. The van der Waals surface area contributed by atoms with Crippen molar-refractivity contribution in [3.8, 4) is 11.5 Å². The third-order valence-corrected chi connectivity index (χ3v) is 3.20. The van der Waals surface area contributed by atoms with Crippen molar-refractivity contribution in [2.24, 2.45) is 0 Å². The molecule has 106 valence electrons. The summed E-state index contributed by atoms with van der Waals surface area (Å²) >= 11 is 6.13. The molecule has 2 aromatic rings. The molecule has 0 aliphatic heterocycles. The normalized spacial score (nSPS) is 10.4. The molecule has 6 nitrogen and oxygen atoms in total. The summed E-state index contributed by atoms with van der Waals surface area (Å²) < 4.78 is 14.9. The Kier molecular flexibility index (Phi) is 3.85. The summed E-state index contributed by atoms with van der Waals surface area (Å²) in [7, 11) is 4.10. The second kappa shape index (κ2) is 5.42. The van der Waals surface area contributed by atoms with Crippen LogP contribution in [0.2, 0.25) is 5.02 Å². The monoisotopic (exact) mass is 297 g/mol. The first-order chi connectivity index (χ1) is 9.53. The average molecular weight is 298 g/mol. The topological polar surface area (TPSA) is 77.6 Å². The van der Waals surface area contributed by atoms with Gasteiger partial charge in [0.25, 0.3) is 0 Å². The zero-order valence-corrected chi connectivity index (χ0v) is 11.8. The van der Waals surface area contributed by atoms with E-state index in [1.165, 1.54) is 27.4 Å². The molecule has 0 amide bonds. The molecule has 0 saturated carbocycles.